The number of aromatic amines is 1. The smallest absolute Gasteiger partial charge is 0.252 e. The highest BCUT2D eigenvalue weighted by Gasteiger charge is 2.27. The van der Waals surface area contributed by atoms with E-state index in [1.165, 1.54) is 0 Å². The third kappa shape index (κ3) is 6.18. The molecule has 40 heavy (non-hydrogen) atoms. The summed E-state index contributed by atoms with van der Waals surface area (Å²) < 4.78 is 18.7. The van der Waals surface area contributed by atoms with Crippen LogP contribution in [0.3, 0.4) is 0 Å². The lowest BCUT2D eigenvalue weighted by molar-refractivity contribution is 0.0893. The predicted octanol–water partition coefficient (Wildman–Crippen LogP) is 4.22. The van der Waals surface area contributed by atoms with Crippen molar-refractivity contribution in [3.8, 4) is 11.5 Å². The van der Waals surface area contributed by atoms with E-state index in [-0.39, 0.29) is 17.7 Å². The van der Waals surface area contributed by atoms with E-state index in [4.69, 9.17) is 14.2 Å². The van der Waals surface area contributed by atoms with Gasteiger partial charge in [-0.05, 0) is 84.3 Å². The Labute approximate surface area is 234 Å². The number of H-pyrrole nitrogens is 1. The lowest BCUT2D eigenvalue weighted by Crippen LogP contribution is -2.34. The molecule has 1 aliphatic rings. The van der Waals surface area contributed by atoms with Crippen molar-refractivity contribution in [2.24, 2.45) is 0 Å². The Bertz CT molecular complexity index is 1490. The zero-order valence-electron chi connectivity index (χ0n) is 23.7. The molecule has 0 amide bonds. The molecule has 0 radical (unpaired) electrons. The second-order valence-corrected chi connectivity index (χ2v) is 10.4. The van der Waals surface area contributed by atoms with Crippen molar-refractivity contribution >= 4 is 10.9 Å². The Hall–Kier alpha value is -3.76. The van der Waals surface area contributed by atoms with E-state index in [1.807, 2.05) is 41.1 Å². The number of fused-ring (bicyclic) bond motifs is 1. The van der Waals surface area contributed by atoms with E-state index in [2.05, 4.69) is 45.3 Å². The summed E-state index contributed by atoms with van der Waals surface area (Å²) in [4.78, 5) is 18.6. The molecule has 10 heteroatoms. The van der Waals surface area contributed by atoms with E-state index >= 15 is 0 Å². The molecule has 212 valence electrons. The van der Waals surface area contributed by atoms with Gasteiger partial charge in [0.25, 0.3) is 5.56 Å². The highest BCUT2D eigenvalue weighted by Crippen LogP contribution is 2.29. The number of hydrogen-bond acceptors (Lipinski definition) is 8. The zero-order chi connectivity index (χ0) is 28.1. The van der Waals surface area contributed by atoms with Crippen LogP contribution in [0.2, 0.25) is 0 Å². The average molecular weight is 547 g/mol. The number of methoxy groups -OCH3 is 2. The third-order valence-electron chi connectivity index (χ3n) is 7.67. The molecule has 2 atom stereocenters. The van der Waals surface area contributed by atoms with Gasteiger partial charge in [0.15, 0.2) is 17.3 Å². The summed E-state index contributed by atoms with van der Waals surface area (Å²) in [6.45, 7) is 6.73. The highest BCUT2D eigenvalue weighted by molar-refractivity contribution is 5.79. The molecular formula is C30H38N6O4. The first-order valence-corrected chi connectivity index (χ1v) is 13.9. The largest absolute Gasteiger partial charge is 0.493 e. The standard InChI is InChI=1S/C30H38N6O4/c1-5-26(29-32-33-34-36(29)19-24-7-6-14-40-24)35(13-12-21-9-11-27(38-3)28(16-21)39-4)18-23-17-22-15-20(2)8-10-25(22)31-30(23)37/h8-11,15-17,24,26H,5-7,12-14,18-19H2,1-4H3,(H,31,37)/t24-,26-/m1/s1. The molecule has 10 nitrogen and oxygen atoms in total. The minimum Gasteiger partial charge on any atom is -0.493 e. The summed E-state index contributed by atoms with van der Waals surface area (Å²) in [5.41, 5.74) is 3.72. The molecule has 0 spiro atoms. The van der Waals surface area contributed by atoms with Crippen molar-refractivity contribution in [1.29, 1.82) is 0 Å². The first kappa shape index (κ1) is 27.8. The van der Waals surface area contributed by atoms with Crippen LogP contribution in [0.4, 0.5) is 0 Å². The van der Waals surface area contributed by atoms with Gasteiger partial charge in [-0.25, -0.2) is 4.68 Å². The number of hydrogen-bond donors (Lipinski definition) is 1. The fourth-order valence-electron chi connectivity index (χ4n) is 5.53. The molecule has 3 heterocycles. The average Bonchev–Trinajstić information content (AvgIpc) is 3.65. The molecule has 1 aliphatic heterocycles. The van der Waals surface area contributed by atoms with Crippen LogP contribution in [0.15, 0.2) is 47.3 Å². The Balaban J connectivity index is 1.47. The number of pyridine rings is 1. The van der Waals surface area contributed by atoms with Crippen LogP contribution in [0.1, 0.15) is 54.7 Å². The van der Waals surface area contributed by atoms with Crippen LogP contribution < -0.4 is 15.0 Å². The molecule has 1 N–H and O–H groups in total. The van der Waals surface area contributed by atoms with Gasteiger partial charge in [0.05, 0.1) is 32.9 Å². The van der Waals surface area contributed by atoms with Crippen LogP contribution >= 0.6 is 0 Å². The van der Waals surface area contributed by atoms with Gasteiger partial charge in [0.2, 0.25) is 0 Å². The topological polar surface area (TPSA) is 107 Å². The molecule has 2 aromatic carbocycles. The summed E-state index contributed by atoms with van der Waals surface area (Å²) in [6.07, 6.45) is 3.70. The molecule has 2 aromatic heterocycles. The second kappa shape index (κ2) is 12.6. The SMILES string of the molecule is CC[C@H](c1nnnn1C[C@H]1CCCO1)N(CCc1ccc(OC)c(OC)c1)Cc1cc2cc(C)ccc2[nH]c1=O. The monoisotopic (exact) mass is 546 g/mol. The fourth-order valence-corrected chi connectivity index (χ4v) is 5.53. The molecule has 5 rings (SSSR count). The molecule has 0 aliphatic carbocycles. The van der Waals surface area contributed by atoms with Crippen molar-refractivity contribution in [1.82, 2.24) is 30.1 Å². The van der Waals surface area contributed by atoms with Gasteiger partial charge < -0.3 is 19.2 Å². The Morgan fingerprint density at radius 2 is 2.00 bits per heavy atom. The molecule has 0 bridgehead atoms. The summed E-state index contributed by atoms with van der Waals surface area (Å²) >= 11 is 0. The van der Waals surface area contributed by atoms with Gasteiger partial charge >= 0.3 is 0 Å². The summed E-state index contributed by atoms with van der Waals surface area (Å²) in [7, 11) is 3.27. The molecule has 1 fully saturated rings. The first-order chi connectivity index (χ1) is 19.5. The van der Waals surface area contributed by atoms with Gasteiger partial charge in [-0.2, -0.15) is 0 Å². The molecule has 0 unspecified atom stereocenters. The van der Waals surface area contributed by atoms with E-state index < -0.39 is 0 Å². The molecule has 0 saturated carbocycles. The quantitative estimate of drug-likeness (QED) is 0.282. The van der Waals surface area contributed by atoms with Crippen LogP contribution in [0.25, 0.3) is 10.9 Å². The van der Waals surface area contributed by atoms with E-state index in [9.17, 15) is 4.79 Å². The zero-order valence-corrected chi connectivity index (χ0v) is 23.7. The minimum atomic E-state index is -0.0934. The van der Waals surface area contributed by atoms with Gasteiger partial charge in [-0.1, -0.05) is 24.6 Å². The van der Waals surface area contributed by atoms with Crippen molar-refractivity contribution in [3.05, 3.63) is 75.3 Å². The maximum atomic E-state index is 13.2. The maximum Gasteiger partial charge on any atom is 0.252 e. The lowest BCUT2D eigenvalue weighted by atomic mass is 10.1. The number of nitrogens with zero attached hydrogens (tertiary/aromatic N) is 5. The number of nitrogens with one attached hydrogen (secondary N) is 1. The Morgan fingerprint density at radius 3 is 2.75 bits per heavy atom. The highest BCUT2D eigenvalue weighted by atomic mass is 16.5. The number of tetrazole rings is 1. The second-order valence-electron chi connectivity index (χ2n) is 10.4. The van der Waals surface area contributed by atoms with Crippen molar-refractivity contribution < 1.29 is 14.2 Å². The first-order valence-electron chi connectivity index (χ1n) is 13.9. The number of ether oxygens (including phenoxy) is 3. The number of benzene rings is 2. The van der Waals surface area contributed by atoms with Crippen molar-refractivity contribution in [3.63, 3.8) is 0 Å². The van der Waals surface area contributed by atoms with Gasteiger partial charge in [-0.3, -0.25) is 9.69 Å². The maximum absolute atomic E-state index is 13.2. The lowest BCUT2D eigenvalue weighted by Gasteiger charge is -2.30. The summed E-state index contributed by atoms with van der Waals surface area (Å²) in [5.74, 6) is 2.18. The van der Waals surface area contributed by atoms with E-state index in [1.54, 1.807) is 14.2 Å². The number of rotatable bonds is 12. The van der Waals surface area contributed by atoms with Crippen LogP contribution in [-0.4, -0.2) is 63.6 Å². The summed E-state index contributed by atoms with van der Waals surface area (Å²) in [6, 6.07) is 14.0. The number of aromatic nitrogens is 5. The van der Waals surface area contributed by atoms with Crippen LogP contribution in [0.5, 0.6) is 11.5 Å². The van der Waals surface area contributed by atoms with Crippen molar-refractivity contribution in [2.75, 3.05) is 27.4 Å². The predicted molar refractivity (Wildman–Crippen MR) is 153 cm³/mol. The fraction of sp³-hybridized carbons (Fsp3) is 0.467. The minimum absolute atomic E-state index is 0.0822. The molecule has 4 aromatic rings. The third-order valence-corrected chi connectivity index (χ3v) is 7.67. The normalized spacial score (nSPS) is 16.1. The van der Waals surface area contributed by atoms with Gasteiger partial charge in [-0.15, -0.1) is 5.10 Å². The van der Waals surface area contributed by atoms with E-state index in [0.717, 1.165) is 60.1 Å². The Kier molecular flexibility index (Phi) is 8.76. The molecule has 1 saturated heterocycles. The van der Waals surface area contributed by atoms with Crippen molar-refractivity contribution in [2.45, 2.75) is 64.8 Å². The number of aryl methyl sites for hydroxylation is 1. The van der Waals surface area contributed by atoms with E-state index in [0.29, 0.717) is 36.7 Å². The van der Waals surface area contributed by atoms with Gasteiger partial charge in [0.1, 0.15) is 0 Å². The molecular weight excluding hydrogens is 508 g/mol. The van der Waals surface area contributed by atoms with Crippen LogP contribution in [0, 0.1) is 6.92 Å². The van der Waals surface area contributed by atoms with Crippen LogP contribution in [-0.2, 0) is 24.2 Å². The summed E-state index contributed by atoms with van der Waals surface area (Å²) in [5, 5.41) is 13.8. The van der Waals surface area contributed by atoms with Gasteiger partial charge in [0, 0.05) is 30.8 Å². The Morgan fingerprint density at radius 1 is 1.15 bits per heavy atom.